The Morgan fingerprint density at radius 1 is 1.10 bits per heavy atom. The van der Waals surface area contributed by atoms with Gasteiger partial charge in [0.25, 0.3) is 0 Å². The zero-order chi connectivity index (χ0) is 20.3. The van der Waals surface area contributed by atoms with Crippen molar-refractivity contribution in [3.63, 3.8) is 0 Å². The second-order valence-electron chi connectivity index (χ2n) is 5.84. The van der Waals surface area contributed by atoms with Crippen molar-refractivity contribution in [3.8, 4) is 23.0 Å². The molecule has 0 aliphatic heterocycles. The molecule has 0 atom stereocenters. The number of nitrogens with zero attached hydrogens (tertiary/aromatic N) is 4. The van der Waals surface area contributed by atoms with Crippen LogP contribution in [-0.2, 0) is 10.0 Å². The van der Waals surface area contributed by atoms with Crippen LogP contribution in [0.4, 0.5) is 0 Å². The normalized spacial score (nSPS) is 11.6. The summed E-state index contributed by atoms with van der Waals surface area (Å²) in [5.41, 5.74) is 1.30. The molecule has 0 saturated heterocycles. The molecule has 0 aliphatic rings. The van der Waals surface area contributed by atoms with Gasteiger partial charge in [0.15, 0.2) is 11.5 Å². The molecule has 0 unspecified atom stereocenters. The SMILES string of the molecule is COc1ccccc1-c1nnc2ccc(OCCNS(=O)(=O)c3cccs3)nn12. The standard InChI is InChI=1S/C18H17N5O4S2/c1-26-14-6-3-2-5-13(14)18-21-20-15-8-9-16(22-23(15)18)27-11-10-19-29(24,25)17-7-4-12-28-17/h2-9,12,19H,10-11H2,1H3. The number of nitrogens with one attached hydrogen (secondary N) is 1. The summed E-state index contributed by atoms with van der Waals surface area (Å²) < 4.78 is 39.5. The molecule has 0 aliphatic carbocycles. The molecule has 0 amide bonds. The highest BCUT2D eigenvalue weighted by Gasteiger charge is 2.16. The molecule has 0 saturated carbocycles. The second-order valence-corrected chi connectivity index (χ2v) is 8.79. The lowest BCUT2D eigenvalue weighted by molar-refractivity contribution is 0.306. The van der Waals surface area contributed by atoms with Crippen molar-refractivity contribution in [3.05, 3.63) is 53.9 Å². The molecule has 29 heavy (non-hydrogen) atoms. The van der Waals surface area contributed by atoms with E-state index in [0.717, 1.165) is 16.9 Å². The molecule has 0 spiro atoms. The maximum absolute atomic E-state index is 12.1. The van der Waals surface area contributed by atoms with Crippen molar-refractivity contribution in [2.75, 3.05) is 20.3 Å². The number of hydrogen-bond donors (Lipinski definition) is 1. The second kappa shape index (κ2) is 8.15. The summed E-state index contributed by atoms with van der Waals surface area (Å²) in [4.78, 5) is 0. The first-order chi connectivity index (χ1) is 14.1. The number of hydrogen-bond acceptors (Lipinski definition) is 8. The van der Waals surface area contributed by atoms with Crippen molar-refractivity contribution >= 4 is 27.0 Å². The van der Waals surface area contributed by atoms with E-state index >= 15 is 0 Å². The molecule has 150 valence electrons. The first-order valence-electron chi connectivity index (χ1n) is 8.60. The lowest BCUT2D eigenvalue weighted by Gasteiger charge is -2.08. The van der Waals surface area contributed by atoms with E-state index in [1.54, 1.807) is 41.3 Å². The average Bonchev–Trinajstić information content (AvgIpc) is 3.41. The van der Waals surface area contributed by atoms with Gasteiger partial charge in [-0.05, 0) is 29.6 Å². The van der Waals surface area contributed by atoms with E-state index in [-0.39, 0.29) is 17.4 Å². The fourth-order valence-electron chi connectivity index (χ4n) is 2.67. The highest BCUT2D eigenvalue weighted by atomic mass is 32.2. The van der Waals surface area contributed by atoms with Crippen LogP contribution < -0.4 is 14.2 Å². The summed E-state index contributed by atoms with van der Waals surface area (Å²) >= 11 is 1.16. The van der Waals surface area contributed by atoms with Crippen LogP contribution in [0.3, 0.4) is 0 Å². The molecule has 4 aromatic rings. The quantitative estimate of drug-likeness (QED) is 0.426. The Labute approximate surface area is 171 Å². The van der Waals surface area contributed by atoms with E-state index in [1.165, 1.54) is 0 Å². The minimum atomic E-state index is -3.52. The van der Waals surface area contributed by atoms with Crippen molar-refractivity contribution in [2.24, 2.45) is 0 Å². The Balaban J connectivity index is 1.48. The Morgan fingerprint density at radius 2 is 1.97 bits per heavy atom. The summed E-state index contributed by atoms with van der Waals surface area (Å²) in [6.07, 6.45) is 0. The van der Waals surface area contributed by atoms with Gasteiger partial charge in [0.05, 0.1) is 12.7 Å². The average molecular weight is 431 g/mol. The van der Waals surface area contributed by atoms with Gasteiger partial charge in [0.1, 0.15) is 16.6 Å². The highest BCUT2D eigenvalue weighted by molar-refractivity contribution is 7.91. The molecular weight excluding hydrogens is 414 g/mol. The van der Waals surface area contributed by atoms with Crippen LogP contribution in [0.15, 0.2) is 58.1 Å². The fraction of sp³-hybridized carbons (Fsp3) is 0.167. The van der Waals surface area contributed by atoms with Crippen LogP contribution in [-0.4, -0.2) is 48.5 Å². The van der Waals surface area contributed by atoms with Crippen molar-refractivity contribution in [1.82, 2.24) is 24.5 Å². The van der Waals surface area contributed by atoms with Gasteiger partial charge in [0.2, 0.25) is 15.9 Å². The molecule has 0 fully saturated rings. The first kappa shape index (κ1) is 19.3. The summed E-state index contributed by atoms with van der Waals surface area (Å²) in [6, 6.07) is 14.1. The molecule has 4 rings (SSSR count). The van der Waals surface area contributed by atoms with E-state index in [1.807, 2.05) is 24.3 Å². The number of sulfonamides is 1. The minimum Gasteiger partial charge on any atom is -0.496 e. The van der Waals surface area contributed by atoms with Gasteiger partial charge in [-0.25, -0.2) is 13.1 Å². The predicted molar refractivity (Wildman–Crippen MR) is 108 cm³/mol. The summed E-state index contributed by atoms with van der Waals surface area (Å²) in [5, 5.41) is 14.4. The van der Waals surface area contributed by atoms with Crippen LogP contribution >= 0.6 is 11.3 Å². The van der Waals surface area contributed by atoms with Crippen LogP contribution in [0.2, 0.25) is 0 Å². The van der Waals surface area contributed by atoms with Gasteiger partial charge in [-0.2, -0.15) is 4.52 Å². The molecule has 3 aromatic heterocycles. The summed E-state index contributed by atoms with van der Waals surface area (Å²) in [6.45, 7) is 0.233. The van der Waals surface area contributed by atoms with Gasteiger partial charge in [-0.15, -0.1) is 26.6 Å². The molecule has 9 nitrogen and oxygen atoms in total. The fourth-order valence-corrected chi connectivity index (χ4v) is 4.72. The highest BCUT2D eigenvalue weighted by Crippen LogP contribution is 2.28. The molecule has 0 bridgehead atoms. The van der Waals surface area contributed by atoms with Crippen molar-refractivity contribution < 1.29 is 17.9 Å². The van der Waals surface area contributed by atoms with E-state index in [9.17, 15) is 8.42 Å². The van der Waals surface area contributed by atoms with Gasteiger partial charge < -0.3 is 9.47 Å². The number of methoxy groups -OCH3 is 1. The van der Waals surface area contributed by atoms with Gasteiger partial charge >= 0.3 is 0 Å². The summed E-state index contributed by atoms with van der Waals surface area (Å²) in [7, 11) is -1.93. The van der Waals surface area contributed by atoms with E-state index in [2.05, 4.69) is 20.0 Å². The Kier molecular flexibility index (Phi) is 5.43. The number of ether oxygens (including phenoxy) is 2. The molecule has 1 N–H and O–H groups in total. The molecule has 0 radical (unpaired) electrons. The predicted octanol–water partition coefficient (Wildman–Crippen LogP) is 2.22. The lowest BCUT2D eigenvalue weighted by atomic mass is 10.2. The number of benzene rings is 1. The molecule has 11 heteroatoms. The molecular formula is C18H17N5O4S2. The third kappa shape index (κ3) is 4.06. The maximum atomic E-state index is 12.1. The first-order valence-corrected chi connectivity index (χ1v) is 11.0. The minimum absolute atomic E-state index is 0.113. The molecule has 3 heterocycles. The maximum Gasteiger partial charge on any atom is 0.250 e. The van der Waals surface area contributed by atoms with Crippen molar-refractivity contribution in [1.29, 1.82) is 0 Å². The third-order valence-corrected chi connectivity index (χ3v) is 6.85. The number of thiophene rings is 1. The zero-order valence-electron chi connectivity index (χ0n) is 15.3. The Hall–Kier alpha value is -3.02. The van der Waals surface area contributed by atoms with E-state index in [4.69, 9.17) is 9.47 Å². The van der Waals surface area contributed by atoms with E-state index in [0.29, 0.717) is 23.1 Å². The van der Waals surface area contributed by atoms with Crippen LogP contribution in [0.5, 0.6) is 11.6 Å². The van der Waals surface area contributed by atoms with Gasteiger partial charge in [-0.1, -0.05) is 18.2 Å². The van der Waals surface area contributed by atoms with Crippen LogP contribution in [0.1, 0.15) is 0 Å². The van der Waals surface area contributed by atoms with Crippen LogP contribution in [0.25, 0.3) is 17.0 Å². The summed E-state index contributed by atoms with van der Waals surface area (Å²) in [5.74, 6) is 1.49. The van der Waals surface area contributed by atoms with Crippen molar-refractivity contribution in [2.45, 2.75) is 4.21 Å². The van der Waals surface area contributed by atoms with Crippen LogP contribution in [0, 0.1) is 0 Å². The van der Waals surface area contributed by atoms with Gasteiger partial charge in [-0.3, -0.25) is 0 Å². The Bertz CT molecular complexity index is 1220. The third-order valence-electron chi connectivity index (χ3n) is 3.99. The number of rotatable bonds is 8. The Morgan fingerprint density at radius 3 is 2.76 bits per heavy atom. The number of para-hydroxylation sites is 1. The number of aromatic nitrogens is 4. The largest absolute Gasteiger partial charge is 0.496 e. The number of fused-ring (bicyclic) bond motifs is 1. The zero-order valence-corrected chi connectivity index (χ0v) is 17.0. The van der Waals surface area contributed by atoms with Gasteiger partial charge in [0, 0.05) is 12.6 Å². The molecule has 1 aromatic carbocycles. The lowest BCUT2D eigenvalue weighted by Crippen LogP contribution is -2.27. The van der Waals surface area contributed by atoms with E-state index < -0.39 is 10.0 Å². The smallest absolute Gasteiger partial charge is 0.250 e. The topological polar surface area (TPSA) is 108 Å². The monoisotopic (exact) mass is 431 g/mol.